The summed E-state index contributed by atoms with van der Waals surface area (Å²) >= 11 is 0. The lowest BCUT2D eigenvalue weighted by molar-refractivity contribution is 0.00651. The molecule has 0 spiro atoms. The fourth-order valence-corrected chi connectivity index (χ4v) is 6.73. The molecule has 0 N–H and O–H groups in total. The molecular weight excluding hydrogens is 462 g/mol. The molecule has 0 saturated carbocycles. The summed E-state index contributed by atoms with van der Waals surface area (Å²) in [7, 11) is 1.67. The van der Waals surface area contributed by atoms with Crippen LogP contribution in [-0.2, 0) is 16.1 Å². The van der Waals surface area contributed by atoms with Crippen LogP contribution in [0, 0.1) is 5.92 Å². The predicted molar refractivity (Wildman–Crippen MR) is 143 cm³/mol. The molecule has 6 rings (SSSR count). The Kier molecular flexibility index (Phi) is 6.56. The Morgan fingerprint density at radius 2 is 1.43 bits per heavy atom. The van der Waals surface area contributed by atoms with Gasteiger partial charge in [0.1, 0.15) is 6.61 Å². The molecule has 2 saturated heterocycles. The van der Waals surface area contributed by atoms with Crippen molar-refractivity contribution < 1.29 is 19.1 Å². The number of amides is 1. The fourth-order valence-electron chi connectivity index (χ4n) is 6.73. The van der Waals surface area contributed by atoms with Crippen molar-refractivity contribution in [3.63, 3.8) is 0 Å². The highest BCUT2D eigenvalue weighted by atomic mass is 16.6. The average molecular weight is 496 g/mol. The van der Waals surface area contributed by atoms with Crippen LogP contribution in [-0.4, -0.2) is 42.6 Å². The number of hydrogen-bond acceptors (Lipinski definition) is 4. The van der Waals surface area contributed by atoms with Crippen molar-refractivity contribution in [2.75, 3.05) is 13.7 Å². The minimum absolute atomic E-state index is 0.0522. The van der Waals surface area contributed by atoms with Gasteiger partial charge >= 0.3 is 6.09 Å². The molecule has 1 amide bonds. The van der Waals surface area contributed by atoms with Gasteiger partial charge in [0, 0.05) is 36.6 Å². The van der Waals surface area contributed by atoms with Crippen molar-refractivity contribution >= 4 is 11.9 Å². The summed E-state index contributed by atoms with van der Waals surface area (Å²) in [5, 5.41) is 0. The van der Waals surface area contributed by atoms with Crippen LogP contribution in [0.25, 0.3) is 11.1 Å². The lowest BCUT2D eigenvalue weighted by Gasteiger charge is -2.47. The number of rotatable bonds is 6. The molecule has 190 valence electrons. The Bertz CT molecular complexity index is 1240. The standard InChI is InChI=1S/C32H33NO4/c1-36-19-21-13-15-22(16-14-21)31(34)23-17-24-7-6-8-25(18-23)33(24)32(35)37-20-30-28-11-4-2-9-26(28)27-10-3-5-12-29(27)30/h2-5,9-16,23-25,30H,6-8,17-20H2,1H3. The van der Waals surface area contributed by atoms with Gasteiger partial charge in [-0.3, -0.25) is 4.79 Å². The van der Waals surface area contributed by atoms with Gasteiger partial charge in [-0.2, -0.15) is 0 Å². The van der Waals surface area contributed by atoms with E-state index in [9.17, 15) is 9.59 Å². The van der Waals surface area contributed by atoms with E-state index < -0.39 is 0 Å². The molecule has 2 fully saturated rings. The number of ether oxygens (including phenoxy) is 2. The maximum absolute atomic E-state index is 13.4. The number of fused-ring (bicyclic) bond motifs is 5. The minimum atomic E-state index is -0.230. The highest BCUT2D eigenvalue weighted by Gasteiger charge is 2.44. The Hall–Kier alpha value is -3.44. The van der Waals surface area contributed by atoms with E-state index in [1.165, 1.54) is 22.3 Å². The van der Waals surface area contributed by atoms with E-state index >= 15 is 0 Å². The van der Waals surface area contributed by atoms with E-state index in [1.807, 2.05) is 29.2 Å². The number of methoxy groups -OCH3 is 1. The molecular formula is C32H33NO4. The maximum Gasteiger partial charge on any atom is 0.410 e. The first-order valence-corrected chi connectivity index (χ1v) is 13.4. The van der Waals surface area contributed by atoms with Crippen LogP contribution in [0.15, 0.2) is 72.8 Å². The summed E-state index contributed by atoms with van der Waals surface area (Å²) in [5.74, 6) is 0.186. The number of benzene rings is 3. The SMILES string of the molecule is COCc1ccc(C(=O)C2CC3CCCC(C2)N3C(=O)OCC2c3ccccc3-c3ccccc32)cc1. The van der Waals surface area contributed by atoms with Crippen LogP contribution in [0.3, 0.4) is 0 Å². The number of ketones is 1. The Labute approximate surface area is 218 Å². The van der Waals surface area contributed by atoms with Gasteiger partial charge in [-0.25, -0.2) is 4.79 Å². The second-order valence-corrected chi connectivity index (χ2v) is 10.6. The van der Waals surface area contributed by atoms with Crippen molar-refractivity contribution in [2.45, 2.75) is 56.7 Å². The molecule has 2 bridgehead atoms. The van der Waals surface area contributed by atoms with E-state index in [-0.39, 0.29) is 35.8 Å². The third-order valence-corrected chi connectivity index (χ3v) is 8.44. The van der Waals surface area contributed by atoms with Crippen LogP contribution < -0.4 is 0 Å². The van der Waals surface area contributed by atoms with Gasteiger partial charge in [-0.1, -0.05) is 72.8 Å². The minimum Gasteiger partial charge on any atom is -0.448 e. The molecule has 2 heterocycles. The van der Waals surface area contributed by atoms with E-state index in [1.54, 1.807) is 7.11 Å². The van der Waals surface area contributed by atoms with Crippen molar-refractivity contribution in [3.8, 4) is 11.1 Å². The monoisotopic (exact) mass is 495 g/mol. The Balaban J connectivity index is 1.14. The largest absolute Gasteiger partial charge is 0.448 e. The van der Waals surface area contributed by atoms with Crippen molar-refractivity contribution in [3.05, 3.63) is 95.1 Å². The van der Waals surface area contributed by atoms with Gasteiger partial charge in [-0.05, 0) is 59.9 Å². The molecule has 0 radical (unpaired) electrons. The molecule has 0 aromatic heterocycles. The second kappa shape index (κ2) is 10.1. The van der Waals surface area contributed by atoms with Crippen LogP contribution in [0.5, 0.6) is 0 Å². The van der Waals surface area contributed by atoms with Gasteiger partial charge in [0.15, 0.2) is 5.78 Å². The number of nitrogens with zero attached hydrogens (tertiary/aromatic N) is 1. The zero-order chi connectivity index (χ0) is 25.4. The fraction of sp³-hybridized carbons (Fsp3) is 0.375. The summed E-state index contributed by atoms with van der Waals surface area (Å²) < 4.78 is 11.2. The molecule has 2 atom stereocenters. The molecule has 2 aliphatic heterocycles. The van der Waals surface area contributed by atoms with Crippen LogP contribution >= 0.6 is 0 Å². The number of carbonyl (C=O) groups excluding carboxylic acids is 2. The highest BCUT2D eigenvalue weighted by Crippen LogP contribution is 2.45. The van der Waals surface area contributed by atoms with Crippen LogP contribution in [0.2, 0.25) is 0 Å². The van der Waals surface area contributed by atoms with Gasteiger partial charge in [-0.15, -0.1) is 0 Å². The molecule has 5 heteroatoms. The zero-order valence-corrected chi connectivity index (χ0v) is 21.3. The molecule has 37 heavy (non-hydrogen) atoms. The molecule has 3 aliphatic rings. The summed E-state index contributed by atoms with van der Waals surface area (Å²) in [4.78, 5) is 28.7. The summed E-state index contributed by atoms with van der Waals surface area (Å²) in [6.45, 7) is 0.871. The van der Waals surface area contributed by atoms with Gasteiger partial charge < -0.3 is 14.4 Å². The van der Waals surface area contributed by atoms with E-state index in [0.29, 0.717) is 26.1 Å². The van der Waals surface area contributed by atoms with Gasteiger partial charge in [0.05, 0.1) is 6.61 Å². The summed E-state index contributed by atoms with van der Waals surface area (Å²) in [6.07, 6.45) is 4.13. The van der Waals surface area contributed by atoms with Crippen molar-refractivity contribution in [1.82, 2.24) is 4.90 Å². The molecule has 2 unspecified atom stereocenters. The van der Waals surface area contributed by atoms with Crippen LogP contribution in [0.1, 0.15) is 65.1 Å². The first-order chi connectivity index (χ1) is 18.1. The lowest BCUT2D eigenvalue weighted by atomic mass is 9.76. The average Bonchev–Trinajstić information content (AvgIpc) is 3.25. The predicted octanol–water partition coefficient (Wildman–Crippen LogP) is 6.60. The van der Waals surface area contributed by atoms with Crippen molar-refractivity contribution in [2.24, 2.45) is 5.92 Å². The first-order valence-electron chi connectivity index (χ1n) is 13.4. The maximum atomic E-state index is 13.4. The number of piperidine rings is 2. The molecule has 3 aromatic rings. The third kappa shape index (κ3) is 4.46. The number of carbonyl (C=O) groups is 2. The van der Waals surface area contributed by atoms with Gasteiger partial charge in [0.25, 0.3) is 0 Å². The first kappa shape index (κ1) is 23.9. The summed E-state index contributed by atoms with van der Waals surface area (Å²) in [5.41, 5.74) is 6.70. The summed E-state index contributed by atoms with van der Waals surface area (Å²) in [6, 6.07) is 24.7. The lowest BCUT2D eigenvalue weighted by Crippen LogP contribution is -2.55. The molecule has 1 aliphatic carbocycles. The topological polar surface area (TPSA) is 55.8 Å². The highest BCUT2D eigenvalue weighted by molar-refractivity contribution is 5.98. The quantitative estimate of drug-likeness (QED) is 0.362. The van der Waals surface area contributed by atoms with Crippen LogP contribution in [0.4, 0.5) is 4.79 Å². The van der Waals surface area contributed by atoms with E-state index in [4.69, 9.17) is 9.47 Å². The number of hydrogen-bond donors (Lipinski definition) is 0. The van der Waals surface area contributed by atoms with E-state index in [2.05, 4.69) is 48.5 Å². The normalized spacial score (nSPS) is 22.3. The third-order valence-electron chi connectivity index (χ3n) is 8.44. The van der Waals surface area contributed by atoms with Gasteiger partial charge in [0.2, 0.25) is 0 Å². The van der Waals surface area contributed by atoms with E-state index in [0.717, 1.165) is 30.4 Å². The Morgan fingerprint density at radius 1 is 0.838 bits per heavy atom. The smallest absolute Gasteiger partial charge is 0.410 e. The Morgan fingerprint density at radius 3 is 2.03 bits per heavy atom. The zero-order valence-electron chi connectivity index (χ0n) is 21.3. The van der Waals surface area contributed by atoms with Crippen molar-refractivity contribution in [1.29, 1.82) is 0 Å². The molecule has 3 aromatic carbocycles. The number of Topliss-reactive ketones (excluding diaryl/α,β-unsaturated/α-hetero) is 1. The second-order valence-electron chi connectivity index (χ2n) is 10.6. The molecule has 5 nitrogen and oxygen atoms in total.